The summed E-state index contributed by atoms with van der Waals surface area (Å²) in [6.07, 6.45) is 0. The van der Waals surface area contributed by atoms with E-state index in [0.717, 1.165) is 18.7 Å². The molecule has 0 aliphatic carbocycles. The summed E-state index contributed by atoms with van der Waals surface area (Å²) in [4.78, 5) is 0.225. The van der Waals surface area contributed by atoms with Crippen LogP contribution in [0.25, 0.3) is 0 Å². The molecule has 0 amide bonds. The van der Waals surface area contributed by atoms with Gasteiger partial charge in [0.15, 0.2) is 0 Å². The van der Waals surface area contributed by atoms with E-state index in [9.17, 15) is 8.42 Å². The summed E-state index contributed by atoms with van der Waals surface area (Å²) in [5.41, 5.74) is 4.13. The largest absolute Gasteiger partial charge is 0.309 e. The molecule has 2 aromatic rings. The number of hydrogen-bond donors (Lipinski definition) is 2. The summed E-state index contributed by atoms with van der Waals surface area (Å²) >= 11 is 5.90. The predicted octanol–water partition coefficient (Wildman–Crippen LogP) is 3.15. The molecule has 4 nitrogen and oxygen atoms in total. The molecule has 2 aromatic carbocycles. The first-order valence-electron chi connectivity index (χ1n) is 7.03. The van der Waals surface area contributed by atoms with Crippen LogP contribution in [-0.4, -0.2) is 8.42 Å². The van der Waals surface area contributed by atoms with Crippen molar-refractivity contribution in [2.75, 3.05) is 0 Å². The Bertz CT molecular complexity index is 823. The summed E-state index contributed by atoms with van der Waals surface area (Å²) in [5.74, 6) is 0. The highest BCUT2D eigenvalue weighted by Gasteiger charge is 2.17. The van der Waals surface area contributed by atoms with Crippen molar-refractivity contribution in [2.45, 2.75) is 31.5 Å². The maximum atomic E-state index is 12.4. The lowest BCUT2D eigenvalue weighted by Crippen LogP contribution is -2.24. The van der Waals surface area contributed by atoms with Crippen LogP contribution in [0.15, 0.2) is 41.3 Å². The quantitative estimate of drug-likeness (QED) is 0.866. The topological polar surface area (TPSA) is 58.2 Å². The molecule has 0 atom stereocenters. The Hall–Kier alpha value is -1.11. The molecule has 3 rings (SSSR count). The minimum absolute atomic E-state index is 0. The van der Waals surface area contributed by atoms with Crippen molar-refractivity contribution in [3.05, 3.63) is 63.7 Å². The van der Waals surface area contributed by atoms with Gasteiger partial charge in [0.2, 0.25) is 10.0 Å². The molecule has 7 heteroatoms. The third kappa shape index (κ3) is 4.05. The Morgan fingerprint density at radius 3 is 2.65 bits per heavy atom. The van der Waals surface area contributed by atoms with Gasteiger partial charge in [0.05, 0.1) is 4.90 Å². The van der Waals surface area contributed by atoms with E-state index in [1.165, 1.54) is 17.2 Å². The van der Waals surface area contributed by atoms with Crippen LogP contribution in [-0.2, 0) is 29.7 Å². The summed E-state index contributed by atoms with van der Waals surface area (Å²) in [5, 5.41) is 3.69. The van der Waals surface area contributed by atoms with Crippen molar-refractivity contribution >= 4 is 34.0 Å². The van der Waals surface area contributed by atoms with Crippen molar-refractivity contribution < 1.29 is 8.42 Å². The van der Waals surface area contributed by atoms with E-state index >= 15 is 0 Å². The predicted molar refractivity (Wildman–Crippen MR) is 94.4 cm³/mol. The standard InChI is InChI=1S/C16H17ClN2O2S.ClH/c1-11-2-5-15(17)7-16(11)22(20,21)19-8-12-3-4-13-9-18-10-14(13)6-12;/h2-7,18-19H,8-10H2,1H3;1H. The molecule has 1 aliphatic rings. The minimum Gasteiger partial charge on any atom is -0.309 e. The number of halogens is 2. The van der Waals surface area contributed by atoms with Crippen molar-refractivity contribution in [3.8, 4) is 0 Å². The zero-order valence-electron chi connectivity index (χ0n) is 12.6. The number of fused-ring (bicyclic) bond motifs is 1. The number of hydrogen-bond acceptors (Lipinski definition) is 3. The zero-order valence-corrected chi connectivity index (χ0v) is 15.0. The first kappa shape index (κ1) is 18.2. The van der Waals surface area contributed by atoms with Gasteiger partial charge in [0, 0.05) is 24.7 Å². The summed E-state index contributed by atoms with van der Waals surface area (Å²) in [6, 6.07) is 10.9. The van der Waals surface area contributed by atoms with Crippen LogP contribution >= 0.6 is 24.0 Å². The van der Waals surface area contributed by atoms with Crippen LogP contribution in [0, 0.1) is 6.92 Å². The molecular formula is C16H18Cl2N2O2S. The van der Waals surface area contributed by atoms with Gasteiger partial charge in [-0.25, -0.2) is 13.1 Å². The van der Waals surface area contributed by atoms with Crippen LogP contribution < -0.4 is 10.0 Å². The fraction of sp³-hybridized carbons (Fsp3) is 0.250. The van der Waals surface area contributed by atoms with Gasteiger partial charge in [-0.05, 0) is 41.3 Å². The van der Waals surface area contributed by atoms with Crippen LogP contribution in [0.4, 0.5) is 0 Å². The van der Waals surface area contributed by atoms with Crippen LogP contribution in [0.2, 0.25) is 5.02 Å². The van der Waals surface area contributed by atoms with Gasteiger partial charge in [-0.3, -0.25) is 0 Å². The molecule has 0 radical (unpaired) electrons. The van der Waals surface area contributed by atoms with Crippen LogP contribution in [0.5, 0.6) is 0 Å². The molecule has 1 aliphatic heterocycles. The summed E-state index contributed by atoms with van der Waals surface area (Å²) in [6.45, 7) is 3.74. The van der Waals surface area contributed by atoms with E-state index in [1.807, 2.05) is 18.2 Å². The smallest absolute Gasteiger partial charge is 0.241 e. The number of rotatable bonds is 4. The van der Waals surface area contributed by atoms with E-state index in [2.05, 4.69) is 10.0 Å². The molecule has 124 valence electrons. The van der Waals surface area contributed by atoms with Gasteiger partial charge in [-0.1, -0.05) is 35.9 Å². The van der Waals surface area contributed by atoms with Crippen molar-refractivity contribution in [1.29, 1.82) is 0 Å². The molecule has 0 unspecified atom stereocenters. The number of nitrogens with one attached hydrogen (secondary N) is 2. The Morgan fingerprint density at radius 2 is 1.87 bits per heavy atom. The van der Waals surface area contributed by atoms with E-state index < -0.39 is 10.0 Å². The fourth-order valence-electron chi connectivity index (χ4n) is 2.58. The molecule has 0 fully saturated rings. The Morgan fingerprint density at radius 1 is 1.13 bits per heavy atom. The van der Waals surface area contributed by atoms with Gasteiger partial charge in [0.1, 0.15) is 0 Å². The third-order valence-electron chi connectivity index (χ3n) is 3.81. The Labute approximate surface area is 147 Å². The molecule has 0 aromatic heterocycles. The molecule has 1 heterocycles. The second kappa shape index (κ2) is 7.20. The zero-order chi connectivity index (χ0) is 15.7. The lowest BCUT2D eigenvalue weighted by molar-refractivity contribution is 0.580. The van der Waals surface area contributed by atoms with E-state index in [0.29, 0.717) is 10.6 Å². The molecular weight excluding hydrogens is 355 g/mol. The first-order valence-corrected chi connectivity index (χ1v) is 8.89. The Balaban J connectivity index is 0.00000192. The molecule has 0 saturated heterocycles. The average Bonchev–Trinajstić information content (AvgIpc) is 2.95. The van der Waals surface area contributed by atoms with Gasteiger partial charge in [-0.15, -0.1) is 12.4 Å². The second-order valence-electron chi connectivity index (χ2n) is 5.44. The highest BCUT2D eigenvalue weighted by Crippen LogP contribution is 2.21. The monoisotopic (exact) mass is 372 g/mol. The van der Waals surface area contributed by atoms with Crippen molar-refractivity contribution in [2.24, 2.45) is 0 Å². The maximum absolute atomic E-state index is 12.4. The van der Waals surface area contributed by atoms with Gasteiger partial charge in [-0.2, -0.15) is 0 Å². The highest BCUT2D eigenvalue weighted by atomic mass is 35.5. The molecule has 0 spiro atoms. The van der Waals surface area contributed by atoms with E-state index in [4.69, 9.17) is 11.6 Å². The maximum Gasteiger partial charge on any atom is 0.241 e. The highest BCUT2D eigenvalue weighted by molar-refractivity contribution is 7.89. The molecule has 23 heavy (non-hydrogen) atoms. The average molecular weight is 373 g/mol. The van der Waals surface area contributed by atoms with Gasteiger partial charge < -0.3 is 5.32 Å². The normalized spacial score (nSPS) is 13.5. The van der Waals surface area contributed by atoms with Crippen LogP contribution in [0.1, 0.15) is 22.3 Å². The van der Waals surface area contributed by atoms with Crippen molar-refractivity contribution in [1.82, 2.24) is 10.0 Å². The van der Waals surface area contributed by atoms with Crippen LogP contribution in [0.3, 0.4) is 0 Å². The second-order valence-corrected chi connectivity index (χ2v) is 7.61. The fourth-order valence-corrected chi connectivity index (χ4v) is 4.10. The number of benzene rings is 2. The minimum atomic E-state index is -3.58. The summed E-state index contributed by atoms with van der Waals surface area (Å²) in [7, 11) is -3.58. The molecule has 0 saturated carbocycles. The lowest BCUT2D eigenvalue weighted by Gasteiger charge is -2.10. The van der Waals surface area contributed by atoms with Gasteiger partial charge in [0.25, 0.3) is 0 Å². The molecule has 2 N–H and O–H groups in total. The van der Waals surface area contributed by atoms with E-state index in [-0.39, 0.29) is 23.8 Å². The lowest BCUT2D eigenvalue weighted by atomic mass is 10.1. The number of sulfonamides is 1. The Kier molecular flexibility index (Phi) is 5.70. The van der Waals surface area contributed by atoms with E-state index in [1.54, 1.807) is 19.1 Å². The SMILES string of the molecule is Cc1ccc(Cl)cc1S(=O)(=O)NCc1ccc2c(c1)CNC2.Cl. The molecule has 0 bridgehead atoms. The first-order chi connectivity index (χ1) is 10.5. The third-order valence-corrected chi connectivity index (χ3v) is 5.59. The van der Waals surface area contributed by atoms with Crippen molar-refractivity contribution in [3.63, 3.8) is 0 Å². The summed E-state index contributed by atoms with van der Waals surface area (Å²) < 4.78 is 27.5. The van der Waals surface area contributed by atoms with Gasteiger partial charge >= 0.3 is 0 Å². The number of aryl methyl sites for hydroxylation is 1.